The summed E-state index contributed by atoms with van der Waals surface area (Å²) in [4.78, 5) is 24.4. The molecule has 1 aliphatic rings. The minimum absolute atomic E-state index is 0.0361. The van der Waals surface area contributed by atoms with Crippen molar-refractivity contribution in [3.05, 3.63) is 69.8 Å². The Hall–Kier alpha value is -3.35. The number of nitro benzene ring substituents is 1. The number of hydrogen-bond donors (Lipinski definition) is 0. The molecule has 0 unspecified atom stereocenters. The highest BCUT2D eigenvalue weighted by atomic mass is 16.6. The van der Waals surface area contributed by atoms with Gasteiger partial charge in [-0.15, -0.1) is 0 Å². The lowest BCUT2D eigenvalue weighted by Gasteiger charge is -2.20. The molecule has 0 N–H and O–H groups in total. The van der Waals surface area contributed by atoms with Gasteiger partial charge in [0.1, 0.15) is 13.2 Å². The van der Waals surface area contributed by atoms with Crippen molar-refractivity contribution in [3.63, 3.8) is 0 Å². The number of amides is 1. The maximum absolute atomic E-state index is 12.3. The SMILES string of the molecule is CN(Cc1ccc2c(c1)OCCO2)C(=O)/C=C/c1ccccc1[N+](=O)[O-]. The number of nitrogens with zero attached hydrogens (tertiary/aromatic N) is 2. The second-order valence-corrected chi connectivity index (χ2v) is 5.82. The van der Waals surface area contributed by atoms with Crippen LogP contribution in [0, 0.1) is 10.1 Å². The van der Waals surface area contributed by atoms with Crippen LogP contribution in [0.3, 0.4) is 0 Å². The van der Waals surface area contributed by atoms with Crippen LogP contribution in [0.25, 0.3) is 6.08 Å². The average Bonchev–Trinajstić information content (AvgIpc) is 2.66. The lowest BCUT2D eigenvalue weighted by atomic mass is 10.1. The number of para-hydroxylation sites is 1. The van der Waals surface area contributed by atoms with E-state index in [1.165, 1.54) is 23.1 Å². The first-order valence-corrected chi connectivity index (χ1v) is 8.10. The first kappa shape index (κ1) is 17.5. The molecule has 26 heavy (non-hydrogen) atoms. The Bertz CT molecular complexity index is 863. The molecule has 2 aromatic carbocycles. The topological polar surface area (TPSA) is 81.9 Å². The van der Waals surface area contributed by atoms with E-state index in [0.717, 1.165) is 5.56 Å². The molecule has 134 valence electrons. The molecule has 0 spiro atoms. The Labute approximate surface area is 150 Å². The maximum Gasteiger partial charge on any atom is 0.276 e. The lowest BCUT2D eigenvalue weighted by Crippen LogP contribution is -2.24. The molecule has 0 aliphatic carbocycles. The van der Waals surface area contributed by atoms with Crippen molar-refractivity contribution < 1.29 is 19.2 Å². The Kier molecular flexibility index (Phi) is 5.17. The van der Waals surface area contributed by atoms with Gasteiger partial charge in [-0.3, -0.25) is 14.9 Å². The zero-order valence-electron chi connectivity index (χ0n) is 14.3. The number of fused-ring (bicyclic) bond motifs is 1. The molecule has 0 saturated heterocycles. The summed E-state index contributed by atoms with van der Waals surface area (Å²) in [5.41, 5.74) is 1.26. The second-order valence-electron chi connectivity index (χ2n) is 5.82. The molecule has 1 amide bonds. The van der Waals surface area contributed by atoms with Gasteiger partial charge in [0.05, 0.1) is 10.5 Å². The Balaban J connectivity index is 1.68. The average molecular weight is 354 g/mol. The first-order valence-electron chi connectivity index (χ1n) is 8.10. The molecule has 0 aromatic heterocycles. The van der Waals surface area contributed by atoms with Crippen LogP contribution in [-0.2, 0) is 11.3 Å². The summed E-state index contributed by atoms with van der Waals surface area (Å²) in [5, 5.41) is 11.0. The van der Waals surface area contributed by atoms with E-state index in [-0.39, 0.29) is 11.6 Å². The van der Waals surface area contributed by atoms with Crippen molar-refractivity contribution >= 4 is 17.7 Å². The van der Waals surface area contributed by atoms with Gasteiger partial charge in [-0.05, 0) is 29.8 Å². The van der Waals surface area contributed by atoms with E-state index in [4.69, 9.17) is 9.47 Å². The predicted octanol–water partition coefficient (Wildman–Crippen LogP) is 3.04. The fourth-order valence-corrected chi connectivity index (χ4v) is 2.62. The van der Waals surface area contributed by atoms with Crippen LogP contribution in [0.1, 0.15) is 11.1 Å². The minimum atomic E-state index is -0.469. The third-order valence-electron chi connectivity index (χ3n) is 3.94. The number of likely N-dealkylation sites (N-methyl/N-ethyl adjacent to an activating group) is 1. The number of nitro groups is 1. The molecule has 0 atom stereocenters. The van der Waals surface area contributed by atoms with Gasteiger partial charge in [0, 0.05) is 25.7 Å². The van der Waals surface area contributed by atoms with Crippen molar-refractivity contribution in [3.8, 4) is 11.5 Å². The molecule has 1 aliphatic heterocycles. The first-order chi connectivity index (χ1) is 12.5. The number of hydrogen-bond acceptors (Lipinski definition) is 5. The van der Waals surface area contributed by atoms with Gasteiger partial charge in [0.25, 0.3) is 5.69 Å². The van der Waals surface area contributed by atoms with Crippen LogP contribution in [0.15, 0.2) is 48.5 Å². The normalized spacial score (nSPS) is 12.8. The largest absolute Gasteiger partial charge is 0.486 e. The molecule has 3 rings (SSSR count). The molecule has 7 nitrogen and oxygen atoms in total. The Morgan fingerprint density at radius 1 is 1.19 bits per heavy atom. The van der Waals surface area contributed by atoms with Gasteiger partial charge < -0.3 is 14.4 Å². The van der Waals surface area contributed by atoms with E-state index >= 15 is 0 Å². The Morgan fingerprint density at radius 2 is 1.92 bits per heavy atom. The van der Waals surface area contributed by atoms with Gasteiger partial charge in [-0.25, -0.2) is 0 Å². The highest BCUT2D eigenvalue weighted by Gasteiger charge is 2.14. The van der Waals surface area contributed by atoms with Crippen molar-refractivity contribution in [2.75, 3.05) is 20.3 Å². The molecular formula is C19H18N2O5. The standard InChI is InChI=1S/C19H18N2O5/c1-20(13-14-6-8-17-18(12-14)26-11-10-25-17)19(22)9-7-15-4-2-3-5-16(15)21(23)24/h2-9,12H,10-11,13H2,1H3/b9-7+. The van der Waals surface area contributed by atoms with E-state index in [1.807, 2.05) is 18.2 Å². The minimum Gasteiger partial charge on any atom is -0.486 e. The van der Waals surface area contributed by atoms with Gasteiger partial charge in [-0.2, -0.15) is 0 Å². The molecule has 7 heteroatoms. The third-order valence-corrected chi connectivity index (χ3v) is 3.94. The molecule has 0 saturated carbocycles. The van der Waals surface area contributed by atoms with Crippen molar-refractivity contribution in [2.24, 2.45) is 0 Å². The van der Waals surface area contributed by atoms with Gasteiger partial charge in [0.15, 0.2) is 11.5 Å². The van der Waals surface area contributed by atoms with Crippen LogP contribution in [0.5, 0.6) is 11.5 Å². The summed E-state index contributed by atoms with van der Waals surface area (Å²) in [5.74, 6) is 1.12. The smallest absolute Gasteiger partial charge is 0.276 e. The number of carbonyl (C=O) groups excluding carboxylic acids is 1. The maximum atomic E-state index is 12.3. The molecule has 0 bridgehead atoms. The molecule has 0 radical (unpaired) electrons. The zero-order chi connectivity index (χ0) is 18.5. The lowest BCUT2D eigenvalue weighted by molar-refractivity contribution is -0.385. The van der Waals surface area contributed by atoms with Crippen molar-refractivity contribution in [1.29, 1.82) is 0 Å². The monoisotopic (exact) mass is 354 g/mol. The summed E-state index contributed by atoms with van der Waals surface area (Å²) < 4.78 is 11.0. The molecule has 1 heterocycles. The summed E-state index contributed by atoms with van der Waals surface area (Å²) in [6, 6.07) is 11.8. The van der Waals surface area contributed by atoms with Crippen LogP contribution in [0.4, 0.5) is 5.69 Å². The van der Waals surface area contributed by atoms with Crippen LogP contribution >= 0.6 is 0 Å². The van der Waals surface area contributed by atoms with Crippen molar-refractivity contribution in [2.45, 2.75) is 6.54 Å². The molecule has 0 fully saturated rings. The van der Waals surface area contributed by atoms with Crippen LogP contribution in [0.2, 0.25) is 0 Å². The van der Waals surface area contributed by atoms with Gasteiger partial charge in [0.2, 0.25) is 5.91 Å². The van der Waals surface area contributed by atoms with E-state index < -0.39 is 4.92 Å². The fraction of sp³-hybridized carbons (Fsp3) is 0.211. The van der Waals surface area contributed by atoms with E-state index in [0.29, 0.717) is 36.8 Å². The summed E-state index contributed by atoms with van der Waals surface area (Å²) in [7, 11) is 1.67. The van der Waals surface area contributed by atoms with Gasteiger partial charge >= 0.3 is 0 Å². The number of benzene rings is 2. The van der Waals surface area contributed by atoms with Crippen LogP contribution in [-0.4, -0.2) is 36.0 Å². The third kappa shape index (κ3) is 4.00. The highest BCUT2D eigenvalue weighted by molar-refractivity contribution is 5.92. The molecule has 2 aromatic rings. The van der Waals surface area contributed by atoms with Crippen LogP contribution < -0.4 is 9.47 Å². The van der Waals surface area contributed by atoms with E-state index in [1.54, 1.807) is 25.2 Å². The summed E-state index contributed by atoms with van der Waals surface area (Å²) >= 11 is 0. The fourth-order valence-electron chi connectivity index (χ4n) is 2.62. The number of ether oxygens (including phenoxy) is 2. The summed E-state index contributed by atoms with van der Waals surface area (Å²) in [6.07, 6.45) is 2.79. The van der Waals surface area contributed by atoms with E-state index in [2.05, 4.69) is 0 Å². The zero-order valence-corrected chi connectivity index (χ0v) is 14.3. The number of rotatable bonds is 5. The summed E-state index contributed by atoms with van der Waals surface area (Å²) in [6.45, 7) is 1.42. The van der Waals surface area contributed by atoms with E-state index in [9.17, 15) is 14.9 Å². The highest BCUT2D eigenvalue weighted by Crippen LogP contribution is 2.31. The second kappa shape index (κ2) is 7.69. The number of carbonyl (C=O) groups is 1. The molecular weight excluding hydrogens is 336 g/mol. The Morgan fingerprint density at radius 3 is 2.69 bits per heavy atom. The van der Waals surface area contributed by atoms with Gasteiger partial charge in [-0.1, -0.05) is 18.2 Å². The van der Waals surface area contributed by atoms with Crippen molar-refractivity contribution in [1.82, 2.24) is 4.90 Å². The predicted molar refractivity (Wildman–Crippen MR) is 96.0 cm³/mol. The quantitative estimate of drug-likeness (QED) is 0.468.